The number of nitrogens with zero attached hydrogens (tertiary/aromatic N) is 1. The van der Waals surface area contributed by atoms with Gasteiger partial charge in [-0.25, -0.2) is 0 Å². The van der Waals surface area contributed by atoms with Crippen LogP contribution in [0.15, 0.2) is 58.0 Å². The van der Waals surface area contributed by atoms with E-state index in [0.717, 1.165) is 32.7 Å². The first-order chi connectivity index (χ1) is 19.2. The zero-order chi connectivity index (χ0) is 31.8. The molecule has 228 valence electrons. The van der Waals surface area contributed by atoms with Gasteiger partial charge in [-0.1, -0.05) is 117 Å². The fraction of sp³-hybridized carbons (Fsp3) is 0.500. The lowest BCUT2D eigenvalue weighted by molar-refractivity contribution is 0.380. The number of aliphatic imine (C=N–C) groups is 1. The molecule has 0 fully saturated rings. The van der Waals surface area contributed by atoms with Crippen molar-refractivity contribution in [2.45, 2.75) is 111 Å². The molecule has 3 aromatic carbocycles. The van der Waals surface area contributed by atoms with E-state index in [1.165, 1.54) is 22.3 Å². The van der Waals surface area contributed by atoms with Crippen molar-refractivity contribution in [1.82, 2.24) is 0 Å². The van der Waals surface area contributed by atoms with Crippen LogP contribution in [0.4, 0.5) is 0 Å². The number of hydrogen-bond acceptors (Lipinski definition) is 3. The Labute approximate surface area is 264 Å². The lowest BCUT2D eigenvalue weighted by Gasteiger charge is -2.32. The molecule has 0 heterocycles. The number of benzene rings is 3. The third-order valence-electron chi connectivity index (χ3n) is 7.76. The first kappa shape index (κ1) is 33.9. The Morgan fingerprint density at radius 3 is 1.21 bits per heavy atom. The van der Waals surface area contributed by atoms with Crippen LogP contribution in [0.2, 0.25) is 0 Å². The third-order valence-corrected chi connectivity index (χ3v) is 8.48. The van der Waals surface area contributed by atoms with Crippen molar-refractivity contribution in [3.8, 4) is 11.5 Å². The van der Waals surface area contributed by atoms with Crippen LogP contribution >= 0.6 is 15.9 Å². The quantitative estimate of drug-likeness (QED) is 0.253. The van der Waals surface area contributed by atoms with E-state index in [1.54, 1.807) is 14.2 Å². The molecule has 0 saturated carbocycles. The minimum absolute atomic E-state index is 0.120. The van der Waals surface area contributed by atoms with Gasteiger partial charge in [0.1, 0.15) is 11.5 Å². The van der Waals surface area contributed by atoms with Gasteiger partial charge in [0, 0.05) is 38.5 Å². The van der Waals surface area contributed by atoms with E-state index in [9.17, 15) is 0 Å². The summed E-state index contributed by atoms with van der Waals surface area (Å²) in [5.41, 5.74) is 7.62. The molecular formula is C38H52BrNO2. The Morgan fingerprint density at radius 1 is 0.595 bits per heavy atom. The van der Waals surface area contributed by atoms with Crippen molar-refractivity contribution in [1.29, 1.82) is 0 Å². The predicted molar refractivity (Wildman–Crippen MR) is 184 cm³/mol. The molecule has 42 heavy (non-hydrogen) atoms. The van der Waals surface area contributed by atoms with Gasteiger partial charge in [0.25, 0.3) is 0 Å². The van der Waals surface area contributed by atoms with E-state index in [4.69, 9.17) is 14.5 Å². The van der Waals surface area contributed by atoms with Crippen molar-refractivity contribution < 1.29 is 9.47 Å². The fourth-order valence-electron chi connectivity index (χ4n) is 5.39. The van der Waals surface area contributed by atoms with Crippen LogP contribution in [0.5, 0.6) is 11.5 Å². The molecule has 4 heteroatoms. The van der Waals surface area contributed by atoms with E-state index in [2.05, 4.69) is 135 Å². The first-order valence-corrected chi connectivity index (χ1v) is 15.7. The highest BCUT2D eigenvalue weighted by Crippen LogP contribution is 2.46. The fourth-order valence-corrected chi connectivity index (χ4v) is 5.77. The van der Waals surface area contributed by atoms with Crippen molar-refractivity contribution in [3.63, 3.8) is 0 Å². The second kappa shape index (κ2) is 12.2. The number of hydrogen-bond donors (Lipinski definition) is 0. The zero-order valence-corrected chi connectivity index (χ0v) is 30.0. The molecule has 0 aliphatic rings. The number of halogens is 1. The normalized spacial score (nSPS) is 13.2. The van der Waals surface area contributed by atoms with Gasteiger partial charge in [0.05, 0.1) is 20.3 Å². The van der Waals surface area contributed by atoms with Crippen molar-refractivity contribution in [3.05, 3.63) is 91.9 Å². The second-order valence-corrected chi connectivity index (χ2v) is 16.4. The largest absolute Gasteiger partial charge is 0.496 e. The van der Waals surface area contributed by atoms with Gasteiger partial charge in [-0.15, -0.1) is 0 Å². The summed E-state index contributed by atoms with van der Waals surface area (Å²) in [5, 5.41) is 0. The van der Waals surface area contributed by atoms with Crippen LogP contribution in [0.25, 0.3) is 0 Å². The van der Waals surface area contributed by atoms with Gasteiger partial charge in [-0.05, 0) is 63.1 Å². The van der Waals surface area contributed by atoms with Crippen LogP contribution < -0.4 is 9.47 Å². The number of ether oxygens (including phenoxy) is 2. The third kappa shape index (κ3) is 7.48. The Morgan fingerprint density at radius 2 is 0.929 bits per heavy atom. The van der Waals surface area contributed by atoms with Crippen LogP contribution in [0.3, 0.4) is 0 Å². The standard InChI is InChI=1S/C38H52BrNO2/c1-35(2,3)27-19-25(20-28(33(27)41-13)36(4,5)6)32(40-23-24-17-15-16-18-31(24)39)26-21-29(37(7,8)9)34(42-14)30(22-26)38(10,11)12/h15-23,32H,1-14H3. The van der Waals surface area contributed by atoms with Crippen molar-refractivity contribution >= 4 is 22.1 Å². The van der Waals surface area contributed by atoms with Gasteiger partial charge in [0.2, 0.25) is 0 Å². The molecule has 0 spiro atoms. The molecule has 0 amide bonds. The average Bonchev–Trinajstić information content (AvgIpc) is 2.86. The monoisotopic (exact) mass is 633 g/mol. The average molecular weight is 635 g/mol. The van der Waals surface area contributed by atoms with E-state index in [0.29, 0.717) is 0 Å². The van der Waals surface area contributed by atoms with Crippen molar-refractivity contribution in [2.75, 3.05) is 14.2 Å². The summed E-state index contributed by atoms with van der Waals surface area (Å²) in [4.78, 5) is 5.36. The lowest BCUT2D eigenvalue weighted by Crippen LogP contribution is -2.21. The SMILES string of the molecule is COc1c(C(C)(C)C)cc(C(N=Cc2ccccc2Br)c2cc(C(C)(C)C)c(OC)c(C(C)(C)C)c2)cc1C(C)(C)C. The minimum Gasteiger partial charge on any atom is -0.496 e. The molecular weight excluding hydrogens is 582 g/mol. The highest BCUT2D eigenvalue weighted by atomic mass is 79.9. The second-order valence-electron chi connectivity index (χ2n) is 15.5. The number of rotatable bonds is 6. The summed E-state index contributed by atoms with van der Waals surface area (Å²) in [7, 11) is 3.58. The molecule has 0 aromatic heterocycles. The molecule has 0 radical (unpaired) electrons. The smallest absolute Gasteiger partial charge is 0.126 e. The molecule has 0 aliphatic heterocycles. The summed E-state index contributed by atoms with van der Waals surface area (Å²) in [5.74, 6) is 1.93. The summed E-state index contributed by atoms with van der Waals surface area (Å²) >= 11 is 3.72. The van der Waals surface area contributed by atoms with Gasteiger partial charge in [0.15, 0.2) is 0 Å². The van der Waals surface area contributed by atoms with Gasteiger partial charge < -0.3 is 9.47 Å². The zero-order valence-electron chi connectivity index (χ0n) is 28.4. The summed E-state index contributed by atoms with van der Waals surface area (Å²) in [6.07, 6.45) is 2.00. The lowest BCUT2D eigenvalue weighted by atomic mass is 9.75. The Hall–Kier alpha value is -2.59. The van der Waals surface area contributed by atoms with Gasteiger partial charge in [-0.3, -0.25) is 4.99 Å². The maximum Gasteiger partial charge on any atom is 0.126 e. The molecule has 0 unspecified atom stereocenters. The molecule has 0 aliphatic carbocycles. The summed E-state index contributed by atoms with van der Waals surface area (Å²) in [6, 6.07) is 17.2. The molecule has 0 atom stereocenters. The van der Waals surface area contributed by atoms with Crippen LogP contribution in [-0.4, -0.2) is 20.4 Å². The van der Waals surface area contributed by atoms with Crippen molar-refractivity contribution in [2.24, 2.45) is 4.99 Å². The van der Waals surface area contributed by atoms with E-state index < -0.39 is 0 Å². The Kier molecular flexibility index (Phi) is 9.84. The molecule has 3 nitrogen and oxygen atoms in total. The summed E-state index contributed by atoms with van der Waals surface area (Å²) in [6.45, 7) is 27.0. The predicted octanol–water partition coefficient (Wildman–Crippen LogP) is 10.9. The maximum absolute atomic E-state index is 6.11. The van der Waals surface area contributed by atoms with E-state index in [-0.39, 0.29) is 27.7 Å². The highest BCUT2D eigenvalue weighted by molar-refractivity contribution is 9.10. The van der Waals surface area contributed by atoms with Crippen LogP contribution in [0, 0.1) is 0 Å². The molecule has 3 rings (SSSR count). The highest BCUT2D eigenvalue weighted by Gasteiger charge is 2.32. The molecule has 0 N–H and O–H groups in total. The molecule has 0 bridgehead atoms. The summed E-state index contributed by atoms with van der Waals surface area (Å²) < 4.78 is 13.2. The molecule has 3 aromatic rings. The van der Waals surface area contributed by atoms with E-state index >= 15 is 0 Å². The Balaban J connectivity index is 2.50. The van der Waals surface area contributed by atoms with Crippen LogP contribution in [0.1, 0.15) is 128 Å². The minimum atomic E-state index is -0.238. The van der Waals surface area contributed by atoms with Gasteiger partial charge in [-0.2, -0.15) is 0 Å². The van der Waals surface area contributed by atoms with E-state index in [1.807, 2.05) is 18.3 Å². The van der Waals surface area contributed by atoms with Gasteiger partial charge >= 0.3 is 0 Å². The topological polar surface area (TPSA) is 30.8 Å². The number of methoxy groups -OCH3 is 2. The molecule has 0 saturated heterocycles. The van der Waals surface area contributed by atoms with Crippen LogP contribution in [-0.2, 0) is 21.7 Å². The Bertz CT molecular complexity index is 1290. The maximum atomic E-state index is 6.11. The first-order valence-electron chi connectivity index (χ1n) is 14.9.